The Labute approximate surface area is 262 Å². The predicted molar refractivity (Wildman–Crippen MR) is 171 cm³/mol. The number of rotatable bonds is 10. The van der Waals surface area contributed by atoms with E-state index in [2.05, 4.69) is 23.6 Å². The second kappa shape index (κ2) is 15.4. The molecule has 2 aromatic carbocycles. The first-order chi connectivity index (χ1) is 21.0. The Kier molecular flexibility index (Phi) is 11.9. The van der Waals surface area contributed by atoms with E-state index in [1.54, 1.807) is 29.2 Å². The third kappa shape index (κ3) is 9.32. The first-order valence-electron chi connectivity index (χ1n) is 15.7. The fraction of sp³-hybridized carbons (Fsp3) is 0.606. The number of nitrogens with zero attached hydrogens (tertiary/aromatic N) is 2. The highest BCUT2D eigenvalue weighted by Crippen LogP contribution is 2.31. The summed E-state index contributed by atoms with van der Waals surface area (Å²) in [6, 6.07) is 10.4. The molecule has 0 spiro atoms. The van der Waals surface area contributed by atoms with Gasteiger partial charge >= 0.3 is 0 Å². The molecule has 1 saturated carbocycles. The molecule has 2 N–H and O–H groups in total. The molecule has 4 rings (SSSR count). The minimum absolute atomic E-state index is 0.0161. The molecule has 1 aliphatic heterocycles. The molecule has 10 nitrogen and oxygen atoms in total. The monoisotopic (exact) mass is 631 g/mol. The summed E-state index contributed by atoms with van der Waals surface area (Å²) in [6.07, 6.45) is 4.89. The lowest BCUT2D eigenvalue weighted by atomic mass is 10.0. The van der Waals surface area contributed by atoms with Crippen LogP contribution >= 0.6 is 0 Å². The Hall–Kier alpha value is -2.86. The van der Waals surface area contributed by atoms with Crippen molar-refractivity contribution in [2.24, 2.45) is 11.8 Å². The predicted octanol–water partition coefficient (Wildman–Crippen LogP) is 4.63. The van der Waals surface area contributed by atoms with E-state index in [1.165, 1.54) is 38.2 Å². The quantitative estimate of drug-likeness (QED) is 0.390. The van der Waals surface area contributed by atoms with Gasteiger partial charge in [-0.3, -0.25) is 9.52 Å². The van der Waals surface area contributed by atoms with Gasteiger partial charge in [-0.1, -0.05) is 6.92 Å². The molecule has 1 heterocycles. The molecule has 1 aliphatic carbocycles. The van der Waals surface area contributed by atoms with Crippen molar-refractivity contribution in [1.29, 1.82) is 0 Å². The molecule has 0 bridgehead atoms. The molecule has 2 aromatic rings. The van der Waals surface area contributed by atoms with E-state index in [9.17, 15) is 18.3 Å². The molecule has 0 aromatic heterocycles. The van der Waals surface area contributed by atoms with Gasteiger partial charge in [0.2, 0.25) is 0 Å². The van der Waals surface area contributed by atoms with Gasteiger partial charge in [-0.25, -0.2) is 8.42 Å². The summed E-state index contributed by atoms with van der Waals surface area (Å²) in [7, 11) is -0.300. The maximum Gasteiger partial charge on any atom is 0.261 e. The van der Waals surface area contributed by atoms with Crippen LogP contribution in [0.15, 0.2) is 47.4 Å². The van der Waals surface area contributed by atoms with Gasteiger partial charge < -0.3 is 29.1 Å². The Bertz CT molecular complexity index is 1330. The van der Waals surface area contributed by atoms with Gasteiger partial charge in [0.15, 0.2) is 0 Å². The fourth-order valence-electron chi connectivity index (χ4n) is 5.54. The SMILES string of the molecule is COc1ccc(S(=O)(=O)Nc2ccc3c(c2)C(=O)N([C@H](C)CO)C[C@H](C)[C@@H](CN(C)CC2CC2)OCCCC[C@@H](C)O3)cc1. The van der Waals surface area contributed by atoms with Crippen LogP contribution in [0.1, 0.15) is 63.2 Å². The number of ether oxygens (including phenoxy) is 3. The van der Waals surface area contributed by atoms with Crippen LogP contribution in [0.5, 0.6) is 11.5 Å². The number of aliphatic hydroxyl groups excluding tert-OH is 1. The van der Waals surface area contributed by atoms with Gasteiger partial charge in [-0.15, -0.1) is 0 Å². The van der Waals surface area contributed by atoms with Crippen molar-refractivity contribution < 1.29 is 32.5 Å². The van der Waals surface area contributed by atoms with Crippen LogP contribution in [-0.4, -0.2) is 94.5 Å². The van der Waals surface area contributed by atoms with Gasteiger partial charge in [-0.2, -0.15) is 0 Å². The lowest BCUT2D eigenvalue weighted by Gasteiger charge is -2.36. The van der Waals surface area contributed by atoms with E-state index >= 15 is 0 Å². The summed E-state index contributed by atoms with van der Waals surface area (Å²) in [5, 5.41) is 10.2. The number of likely N-dealkylation sites (N-methyl/N-ethyl adjacent to an activating group) is 1. The number of sulfonamides is 1. The van der Waals surface area contributed by atoms with Crippen molar-refractivity contribution in [2.45, 2.75) is 76.0 Å². The minimum atomic E-state index is -3.94. The van der Waals surface area contributed by atoms with Crippen LogP contribution in [0.25, 0.3) is 0 Å². The van der Waals surface area contributed by atoms with Crippen molar-refractivity contribution in [1.82, 2.24) is 9.80 Å². The van der Waals surface area contributed by atoms with Crippen LogP contribution in [-0.2, 0) is 14.8 Å². The second-order valence-electron chi connectivity index (χ2n) is 12.5. The van der Waals surface area contributed by atoms with Crippen molar-refractivity contribution in [3.8, 4) is 11.5 Å². The number of hydrogen-bond acceptors (Lipinski definition) is 8. The zero-order chi connectivity index (χ0) is 31.9. The molecule has 0 radical (unpaired) electrons. The van der Waals surface area contributed by atoms with Crippen LogP contribution in [0.2, 0.25) is 0 Å². The second-order valence-corrected chi connectivity index (χ2v) is 14.1. The standard InChI is InChI=1S/C33H49N3O7S/c1-23-19-36(24(2)22-37)33(38)30-18-27(34-44(39,40)29-14-12-28(41-5)13-15-29)11-16-31(30)43-25(3)8-6-7-17-42-32(23)21-35(4)20-26-9-10-26/h11-16,18,23-26,32,34,37H,6-10,17,19-22H2,1-5H3/t23-,24+,25+,32+/m0/s1. The third-order valence-electron chi connectivity index (χ3n) is 8.43. The van der Waals surface area contributed by atoms with Gasteiger partial charge in [0, 0.05) is 37.8 Å². The van der Waals surface area contributed by atoms with Crippen LogP contribution < -0.4 is 14.2 Å². The number of aliphatic hydroxyl groups is 1. The molecule has 0 unspecified atom stereocenters. The number of methoxy groups -OCH3 is 1. The van der Waals surface area contributed by atoms with E-state index in [-0.39, 0.29) is 46.8 Å². The lowest BCUT2D eigenvalue weighted by molar-refractivity contribution is -0.0172. The van der Waals surface area contributed by atoms with E-state index in [0.717, 1.165) is 38.3 Å². The smallest absolute Gasteiger partial charge is 0.261 e. The van der Waals surface area contributed by atoms with Gasteiger partial charge in [-0.05, 0) is 101 Å². The molecule has 1 fully saturated rings. The topological polar surface area (TPSA) is 118 Å². The highest BCUT2D eigenvalue weighted by Gasteiger charge is 2.31. The molecule has 11 heteroatoms. The first kappa shape index (κ1) is 34.0. The van der Waals surface area contributed by atoms with Gasteiger partial charge in [0.1, 0.15) is 11.5 Å². The highest BCUT2D eigenvalue weighted by molar-refractivity contribution is 7.92. The average Bonchev–Trinajstić information content (AvgIpc) is 3.82. The Morgan fingerprint density at radius 3 is 2.48 bits per heavy atom. The molecular weight excluding hydrogens is 582 g/mol. The Morgan fingerprint density at radius 2 is 1.82 bits per heavy atom. The number of carbonyl (C=O) groups excluding carboxylic acids is 1. The molecular formula is C33H49N3O7S. The van der Waals surface area contributed by atoms with Crippen molar-refractivity contribution in [3.63, 3.8) is 0 Å². The molecule has 1 amide bonds. The number of fused-ring (bicyclic) bond motifs is 1. The summed E-state index contributed by atoms with van der Waals surface area (Å²) in [6.45, 7) is 8.44. The molecule has 4 atom stereocenters. The van der Waals surface area contributed by atoms with E-state index < -0.39 is 16.1 Å². The molecule has 44 heavy (non-hydrogen) atoms. The largest absolute Gasteiger partial charge is 0.497 e. The fourth-order valence-corrected chi connectivity index (χ4v) is 6.59. The molecule has 0 saturated heterocycles. The van der Waals surface area contributed by atoms with Crippen LogP contribution in [0, 0.1) is 11.8 Å². The summed E-state index contributed by atoms with van der Waals surface area (Å²) in [5.41, 5.74) is 0.470. The minimum Gasteiger partial charge on any atom is -0.497 e. The van der Waals surface area contributed by atoms with E-state index in [1.807, 2.05) is 13.8 Å². The first-order valence-corrected chi connectivity index (χ1v) is 17.2. The zero-order valence-corrected chi connectivity index (χ0v) is 27.5. The van der Waals surface area contributed by atoms with Crippen LogP contribution in [0.4, 0.5) is 5.69 Å². The molecule has 244 valence electrons. The van der Waals surface area contributed by atoms with Crippen molar-refractivity contribution in [2.75, 3.05) is 51.7 Å². The van der Waals surface area contributed by atoms with E-state index in [0.29, 0.717) is 24.7 Å². The Morgan fingerprint density at radius 1 is 1.09 bits per heavy atom. The number of amides is 1. The average molecular weight is 632 g/mol. The highest BCUT2D eigenvalue weighted by atomic mass is 32.2. The molecule has 2 aliphatic rings. The Balaban J connectivity index is 1.65. The van der Waals surface area contributed by atoms with E-state index in [4.69, 9.17) is 14.2 Å². The summed E-state index contributed by atoms with van der Waals surface area (Å²) in [4.78, 5) is 18.3. The number of anilines is 1. The number of carbonyl (C=O) groups is 1. The number of benzene rings is 2. The maximum atomic E-state index is 14.3. The van der Waals surface area contributed by atoms with Crippen LogP contribution in [0.3, 0.4) is 0 Å². The summed E-state index contributed by atoms with van der Waals surface area (Å²) >= 11 is 0. The zero-order valence-electron chi connectivity index (χ0n) is 26.7. The third-order valence-corrected chi connectivity index (χ3v) is 9.83. The number of nitrogens with one attached hydrogen (secondary N) is 1. The van der Waals surface area contributed by atoms with Crippen molar-refractivity contribution >= 4 is 21.6 Å². The lowest BCUT2D eigenvalue weighted by Crippen LogP contribution is -2.47. The normalized spacial score (nSPS) is 22.9. The maximum absolute atomic E-state index is 14.3. The van der Waals surface area contributed by atoms with Gasteiger partial charge in [0.05, 0.1) is 42.4 Å². The number of hydrogen-bond donors (Lipinski definition) is 2. The van der Waals surface area contributed by atoms with Crippen molar-refractivity contribution in [3.05, 3.63) is 48.0 Å². The summed E-state index contributed by atoms with van der Waals surface area (Å²) < 4.78 is 46.9. The van der Waals surface area contributed by atoms with Gasteiger partial charge in [0.25, 0.3) is 15.9 Å². The summed E-state index contributed by atoms with van der Waals surface area (Å²) in [5.74, 6) is 1.33.